The van der Waals surface area contributed by atoms with Crippen LogP contribution < -0.4 is 0 Å². The van der Waals surface area contributed by atoms with Crippen LogP contribution in [0.5, 0.6) is 0 Å². The van der Waals surface area contributed by atoms with Crippen molar-refractivity contribution >= 4 is 53.9 Å². The highest BCUT2D eigenvalue weighted by Gasteiger charge is 2.29. The summed E-state index contributed by atoms with van der Waals surface area (Å²) in [5.74, 6) is 0. The fraction of sp³-hybridized carbons (Fsp3) is 0. The summed E-state index contributed by atoms with van der Waals surface area (Å²) in [7, 11) is 0. The normalized spacial score (nSPS) is 12.4. The van der Waals surface area contributed by atoms with Crippen molar-refractivity contribution in [2.45, 2.75) is 0 Å². The van der Waals surface area contributed by atoms with Gasteiger partial charge in [-0.3, -0.25) is 0 Å². The van der Waals surface area contributed by atoms with E-state index >= 15 is 0 Å². The highest BCUT2D eigenvalue weighted by atomic mass is 15.3. The van der Waals surface area contributed by atoms with Crippen molar-refractivity contribution in [3.63, 3.8) is 0 Å². The lowest BCUT2D eigenvalue weighted by Crippen LogP contribution is -1.94. The molecule has 0 fully saturated rings. The van der Waals surface area contributed by atoms with Crippen LogP contribution in [0.25, 0.3) is 121 Å². The maximum absolute atomic E-state index is 4.83. The van der Waals surface area contributed by atoms with E-state index in [1.807, 2.05) is 24.7 Å². The lowest BCUT2D eigenvalue weighted by Gasteiger charge is -2.18. The molecule has 0 unspecified atom stereocenters. The van der Waals surface area contributed by atoms with Crippen LogP contribution in [0.4, 0.5) is 0 Å². The summed E-state index contributed by atoms with van der Waals surface area (Å²) in [6.45, 7) is 0. The Kier molecular flexibility index (Phi) is 4.91. The predicted molar refractivity (Wildman–Crippen MR) is 203 cm³/mol. The van der Waals surface area contributed by atoms with Gasteiger partial charge in [-0.15, -0.1) is 10.2 Å². The first kappa shape index (κ1) is 26.1. The molecule has 8 aromatic carbocycles. The van der Waals surface area contributed by atoms with Gasteiger partial charge in [-0.05, 0) is 116 Å². The van der Waals surface area contributed by atoms with Crippen LogP contribution in [0.1, 0.15) is 0 Å². The van der Waals surface area contributed by atoms with Crippen LogP contribution in [0.3, 0.4) is 0 Å². The topological polar surface area (TPSA) is 64.5 Å². The lowest BCUT2D eigenvalue weighted by atomic mass is 9.85. The van der Waals surface area contributed by atoms with Gasteiger partial charge in [0.05, 0.1) is 18.1 Å². The predicted octanol–water partition coefficient (Wildman–Crippen LogP) is 11.1. The zero-order chi connectivity index (χ0) is 32.5. The molecule has 0 saturated carbocycles. The van der Waals surface area contributed by atoms with E-state index in [2.05, 4.69) is 130 Å². The van der Waals surface area contributed by atoms with Crippen LogP contribution in [0, 0.1) is 0 Å². The molecule has 0 amide bonds. The molecule has 5 heteroatoms. The zero-order valence-electron chi connectivity index (χ0n) is 26.5. The molecule has 0 atom stereocenters. The summed E-state index contributed by atoms with van der Waals surface area (Å²) in [6.07, 6.45) is 7.17. The summed E-state index contributed by atoms with van der Waals surface area (Å²) in [4.78, 5) is 9.10. The van der Waals surface area contributed by atoms with E-state index in [9.17, 15) is 0 Å². The Labute approximate surface area is 285 Å². The third-order valence-electron chi connectivity index (χ3n) is 11.0. The molecule has 2 aliphatic rings. The fourth-order valence-corrected chi connectivity index (χ4v) is 9.08. The van der Waals surface area contributed by atoms with Crippen molar-refractivity contribution in [2.75, 3.05) is 0 Å². The number of benzene rings is 8. The van der Waals surface area contributed by atoms with Gasteiger partial charge in [0, 0.05) is 28.5 Å². The van der Waals surface area contributed by atoms with Crippen molar-refractivity contribution in [1.82, 2.24) is 25.4 Å². The maximum Gasteiger partial charge on any atom is 0.116 e. The smallest absolute Gasteiger partial charge is 0.116 e. The van der Waals surface area contributed by atoms with Gasteiger partial charge < -0.3 is 0 Å². The second-order valence-corrected chi connectivity index (χ2v) is 13.3. The summed E-state index contributed by atoms with van der Waals surface area (Å²) in [6, 6.07) is 42.6. The molecule has 12 rings (SSSR count). The highest BCUT2D eigenvalue weighted by molar-refractivity contribution is 6.30. The van der Waals surface area contributed by atoms with E-state index in [1.165, 1.54) is 98.4 Å². The van der Waals surface area contributed by atoms with Gasteiger partial charge in [-0.2, -0.15) is 0 Å². The Balaban J connectivity index is 1.24. The number of rotatable bonds is 2. The first-order chi connectivity index (χ1) is 24.8. The molecule has 5 nitrogen and oxygen atoms in total. The SMILES string of the molecule is c1cc2c3c(cccc3c1)-c1c-2cc2c(ccc3c4cc5c(c(-c6ccncn6)c4ccc23)-c2cccc3cccc-5c23)c1-c1cnnnc1. The summed E-state index contributed by atoms with van der Waals surface area (Å²) in [5, 5.41) is 24.6. The minimum Gasteiger partial charge on any atom is -0.245 e. The Morgan fingerprint density at radius 1 is 0.400 bits per heavy atom. The van der Waals surface area contributed by atoms with Crippen molar-refractivity contribution < 1.29 is 0 Å². The first-order valence-electron chi connectivity index (χ1n) is 16.8. The molecule has 0 saturated heterocycles. The molecule has 2 aromatic heterocycles. The summed E-state index contributed by atoms with van der Waals surface area (Å²) >= 11 is 0. The molecule has 0 radical (unpaired) electrons. The minimum absolute atomic E-state index is 0.926. The number of aromatic nitrogens is 5. The molecule has 0 spiro atoms. The molecule has 228 valence electrons. The van der Waals surface area contributed by atoms with Crippen LogP contribution >= 0.6 is 0 Å². The first-order valence-corrected chi connectivity index (χ1v) is 16.8. The van der Waals surface area contributed by atoms with Crippen LogP contribution in [0.2, 0.25) is 0 Å². The second-order valence-electron chi connectivity index (χ2n) is 13.3. The third-order valence-corrected chi connectivity index (χ3v) is 11.0. The molecule has 50 heavy (non-hydrogen) atoms. The highest BCUT2D eigenvalue weighted by Crippen LogP contribution is 2.56. The molecule has 0 bridgehead atoms. The minimum atomic E-state index is 0.926. The van der Waals surface area contributed by atoms with Crippen molar-refractivity contribution in [3.05, 3.63) is 140 Å². The average Bonchev–Trinajstić information content (AvgIpc) is 3.68. The van der Waals surface area contributed by atoms with Gasteiger partial charge in [0.2, 0.25) is 0 Å². The Morgan fingerprint density at radius 3 is 1.48 bits per heavy atom. The molecule has 2 heterocycles. The van der Waals surface area contributed by atoms with Crippen LogP contribution in [0.15, 0.2) is 140 Å². The summed E-state index contributed by atoms with van der Waals surface area (Å²) < 4.78 is 0. The third kappa shape index (κ3) is 3.24. The molecule has 2 aliphatic carbocycles. The molecular formula is C45H23N5. The van der Waals surface area contributed by atoms with Gasteiger partial charge in [-0.1, -0.05) is 97.1 Å². The van der Waals surface area contributed by atoms with Gasteiger partial charge in [0.1, 0.15) is 6.33 Å². The number of fused-ring (bicyclic) bond motifs is 11. The largest absolute Gasteiger partial charge is 0.245 e. The average molecular weight is 634 g/mol. The monoisotopic (exact) mass is 633 g/mol. The van der Waals surface area contributed by atoms with E-state index in [-0.39, 0.29) is 0 Å². The molecule has 10 aromatic rings. The fourth-order valence-electron chi connectivity index (χ4n) is 9.08. The Bertz CT molecular complexity index is 2910. The zero-order valence-corrected chi connectivity index (χ0v) is 26.5. The van der Waals surface area contributed by atoms with Gasteiger partial charge in [0.15, 0.2) is 0 Å². The number of nitrogens with zero attached hydrogens (tertiary/aromatic N) is 5. The second kappa shape index (κ2) is 9.40. The molecule has 0 N–H and O–H groups in total. The number of hydrogen-bond acceptors (Lipinski definition) is 5. The van der Waals surface area contributed by atoms with Gasteiger partial charge >= 0.3 is 0 Å². The van der Waals surface area contributed by atoms with E-state index in [4.69, 9.17) is 4.98 Å². The Hall–Kier alpha value is -6.85. The Morgan fingerprint density at radius 2 is 0.920 bits per heavy atom. The molecular weight excluding hydrogens is 611 g/mol. The van der Waals surface area contributed by atoms with E-state index < -0.39 is 0 Å². The van der Waals surface area contributed by atoms with E-state index in [0.29, 0.717) is 0 Å². The van der Waals surface area contributed by atoms with Crippen LogP contribution in [-0.2, 0) is 0 Å². The van der Waals surface area contributed by atoms with Crippen LogP contribution in [-0.4, -0.2) is 25.4 Å². The van der Waals surface area contributed by atoms with Gasteiger partial charge in [0.25, 0.3) is 0 Å². The lowest BCUT2D eigenvalue weighted by molar-refractivity contribution is 0.867. The van der Waals surface area contributed by atoms with E-state index in [1.54, 1.807) is 6.33 Å². The van der Waals surface area contributed by atoms with Crippen molar-refractivity contribution in [1.29, 1.82) is 0 Å². The van der Waals surface area contributed by atoms with Gasteiger partial charge in [-0.25, -0.2) is 9.97 Å². The quantitative estimate of drug-likeness (QED) is 0.177. The standard InChI is InChI=1S/C45H23N5/c1-5-24-7-3-11-33-40(24)29(9-1)37-19-35-27-14-16-32-36(28(27)13-15-31(35)42(43(33)37)26-21-48-50-49-22-26)20-38-30-10-2-6-25-8-4-12-34(41(25)30)44(38)45(32)39-17-18-46-23-47-39/h1-23H. The van der Waals surface area contributed by atoms with Crippen molar-refractivity contribution in [2.24, 2.45) is 0 Å². The number of hydrogen-bond donors (Lipinski definition) is 0. The summed E-state index contributed by atoms with van der Waals surface area (Å²) in [5.41, 5.74) is 14.2. The van der Waals surface area contributed by atoms with Crippen molar-refractivity contribution in [3.8, 4) is 66.9 Å². The van der Waals surface area contributed by atoms with E-state index in [0.717, 1.165) is 22.4 Å². The maximum atomic E-state index is 4.83. The molecule has 0 aliphatic heterocycles.